The normalized spacial score (nSPS) is 10.7. The molecule has 2 aromatic rings. The summed E-state index contributed by atoms with van der Waals surface area (Å²) in [6, 6.07) is 7.01. The van der Waals surface area contributed by atoms with Gasteiger partial charge in [-0.15, -0.1) is 0 Å². The van der Waals surface area contributed by atoms with E-state index in [4.69, 9.17) is 0 Å². The van der Waals surface area contributed by atoms with Crippen molar-refractivity contribution in [2.75, 3.05) is 27.2 Å². The van der Waals surface area contributed by atoms with Crippen LogP contribution in [-0.4, -0.2) is 58.3 Å². The molecule has 132 valence electrons. The fourth-order valence-electron chi connectivity index (χ4n) is 2.12. The molecule has 1 aromatic heterocycles. The predicted molar refractivity (Wildman–Crippen MR) is 90.6 cm³/mol. The zero-order valence-corrected chi connectivity index (χ0v) is 13.8. The van der Waals surface area contributed by atoms with E-state index in [0.29, 0.717) is 15.7 Å². The number of nitrogens with zero attached hydrogens (tertiary/aromatic N) is 3. The number of hydrogen-bond donors (Lipinski definition) is 2. The maximum Gasteiger partial charge on any atom is 0.343 e. The molecule has 0 saturated carbocycles. The minimum Gasteiger partial charge on any atom is -0.477 e. The summed E-state index contributed by atoms with van der Waals surface area (Å²) < 4.78 is 1.25. The lowest BCUT2D eigenvalue weighted by atomic mass is 10.3. The highest BCUT2D eigenvalue weighted by Crippen LogP contribution is 2.02. The van der Waals surface area contributed by atoms with Gasteiger partial charge in [-0.3, -0.25) is 4.79 Å². The number of amides is 1. The molecule has 0 radical (unpaired) electrons. The Morgan fingerprint density at radius 3 is 2.36 bits per heavy atom. The van der Waals surface area contributed by atoms with Crippen LogP contribution in [0.2, 0.25) is 0 Å². The Balaban J connectivity index is 2.56. The summed E-state index contributed by atoms with van der Waals surface area (Å²) in [6.07, 6.45) is 0.747. The van der Waals surface area contributed by atoms with Crippen molar-refractivity contribution in [2.24, 2.45) is 0 Å². The Kier molecular flexibility index (Phi) is 5.50. The second kappa shape index (κ2) is 7.58. The molecule has 1 heterocycles. The molecule has 9 heteroatoms. The molecule has 1 aromatic carbocycles. The minimum atomic E-state index is -1.52. The van der Waals surface area contributed by atoms with E-state index in [9.17, 15) is 24.3 Å². The molecular weight excluding hydrogens is 328 g/mol. The standard InChI is InChI=1S/C16H18N4O5/c1-18(2)9-8-17-15(24)19-10-12(14(22)23)13(21)20(16(19)25)11-6-4-3-5-7-11/h3-7,10H,8-9H2,1-2H3,(H,17,24)(H,22,23). The third-order valence-corrected chi connectivity index (χ3v) is 3.39. The van der Waals surface area contributed by atoms with E-state index in [1.165, 1.54) is 12.1 Å². The first kappa shape index (κ1) is 18.1. The Labute approximate surface area is 142 Å². The number of likely N-dealkylation sites (N-methyl/N-ethyl adjacent to an activating group) is 1. The topological polar surface area (TPSA) is 114 Å². The van der Waals surface area contributed by atoms with Gasteiger partial charge in [-0.05, 0) is 26.2 Å². The molecule has 2 N–H and O–H groups in total. The van der Waals surface area contributed by atoms with Gasteiger partial charge in [0.2, 0.25) is 0 Å². The van der Waals surface area contributed by atoms with Crippen molar-refractivity contribution in [1.29, 1.82) is 0 Å². The van der Waals surface area contributed by atoms with Crippen molar-refractivity contribution in [1.82, 2.24) is 19.4 Å². The Morgan fingerprint density at radius 1 is 1.16 bits per heavy atom. The van der Waals surface area contributed by atoms with Gasteiger partial charge in [-0.25, -0.2) is 23.5 Å². The van der Waals surface area contributed by atoms with Crippen molar-refractivity contribution in [2.45, 2.75) is 0 Å². The number of rotatable bonds is 5. The highest BCUT2D eigenvalue weighted by atomic mass is 16.4. The molecule has 0 aliphatic rings. The van der Waals surface area contributed by atoms with Gasteiger partial charge in [0.25, 0.3) is 5.56 Å². The zero-order valence-electron chi connectivity index (χ0n) is 13.8. The van der Waals surface area contributed by atoms with E-state index in [1.807, 2.05) is 19.0 Å². The number of benzene rings is 1. The maximum absolute atomic E-state index is 12.6. The molecule has 0 bridgehead atoms. The first-order valence-electron chi connectivity index (χ1n) is 7.43. The quantitative estimate of drug-likeness (QED) is 0.776. The fourth-order valence-corrected chi connectivity index (χ4v) is 2.12. The van der Waals surface area contributed by atoms with Crippen LogP contribution in [0.25, 0.3) is 5.69 Å². The number of carboxylic acids is 1. The number of aromatic nitrogens is 2. The lowest BCUT2D eigenvalue weighted by Crippen LogP contribution is -2.47. The van der Waals surface area contributed by atoms with E-state index in [2.05, 4.69) is 5.32 Å². The largest absolute Gasteiger partial charge is 0.477 e. The van der Waals surface area contributed by atoms with Gasteiger partial charge >= 0.3 is 17.7 Å². The van der Waals surface area contributed by atoms with Crippen LogP contribution in [-0.2, 0) is 0 Å². The number of aromatic carboxylic acids is 1. The number of nitrogens with one attached hydrogen (secondary N) is 1. The highest BCUT2D eigenvalue weighted by Gasteiger charge is 2.20. The van der Waals surface area contributed by atoms with Crippen LogP contribution < -0.4 is 16.6 Å². The average molecular weight is 346 g/mol. The number of hydrogen-bond acceptors (Lipinski definition) is 5. The molecule has 1 amide bonds. The van der Waals surface area contributed by atoms with Crippen LogP contribution in [0.4, 0.5) is 4.79 Å². The first-order chi connectivity index (χ1) is 11.8. The van der Waals surface area contributed by atoms with Crippen LogP contribution in [0.15, 0.2) is 46.1 Å². The molecule has 25 heavy (non-hydrogen) atoms. The average Bonchev–Trinajstić information content (AvgIpc) is 2.55. The van der Waals surface area contributed by atoms with Crippen LogP contribution >= 0.6 is 0 Å². The van der Waals surface area contributed by atoms with E-state index in [-0.39, 0.29) is 12.2 Å². The summed E-state index contributed by atoms with van der Waals surface area (Å²) in [5, 5.41) is 11.7. The second-order valence-electron chi connectivity index (χ2n) is 5.51. The smallest absolute Gasteiger partial charge is 0.343 e. The third kappa shape index (κ3) is 4.01. The first-order valence-corrected chi connectivity index (χ1v) is 7.43. The molecular formula is C16H18N4O5. The van der Waals surface area contributed by atoms with Crippen LogP contribution in [0, 0.1) is 0 Å². The van der Waals surface area contributed by atoms with Crippen LogP contribution in [0.1, 0.15) is 10.4 Å². The summed E-state index contributed by atoms with van der Waals surface area (Å²) >= 11 is 0. The van der Waals surface area contributed by atoms with Crippen molar-refractivity contribution < 1.29 is 14.7 Å². The molecule has 9 nitrogen and oxygen atoms in total. The number of carboxylic acid groups (broad SMARTS) is 1. The summed E-state index contributed by atoms with van der Waals surface area (Å²) in [6.45, 7) is 0.787. The Bertz CT molecular complexity index is 899. The highest BCUT2D eigenvalue weighted by molar-refractivity contribution is 5.88. The monoisotopic (exact) mass is 346 g/mol. The van der Waals surface area contributed by atoms with Crippen LogP contribution in [0.5, 0.6) is 0 Å². The molecule has 2 rings (SSSR count). The Hall–Kier alpha value is -3.20. The zero-order chi connectivity index (χ0) is 18.6. The maximum atomic E-state index is 12.6. The van der Waals surface area contributed by atoms with E-state index in [0.717, 1.165) is 6.20 Å². The van der Waals surface area contributed by atoms with Gasteiger partial charge in [0.1, 0.15) is 5.56 Å². The summed E-state index contributed by atoms with van der Waals surface area (Å²) in [5.41, 5.74) is -2.44. The van der Waals surface area contributed by atoms with E-state index < -0.39 is 28.8 Å². The predicted octanol–water partition coefficient (Wildman–Crippen LogP) is -0.183. The molecule has 0 unspecified atom stereocenters. The molecule has 0 spiro atoms. The minimum absolute atomic E-state index is 0.176. The van der Waals surface area contributed by atoms with Crippen molar-refractivity contribution in [3.05, 3.63) is 62.9 Å². The fraction of sp³-hybridized carbons (Fsp3) is 0.250. The van der Waals surface area contributed by atoms with Gasteiger partial charge in [0.15, 0.2) is 0 Å². The number of carbonyl (C=O) groups excluding carboxylic acids is 1. The van der Waals surface area contributed by atoms with Crippen molar-refractivity contribution >= 4 is 12.0 Å². The number of carbonyl (C=O) groups is 2. The van der Waals surface area contributed by atoms with Gasteiger partial charge < -0.3 is 15.3 Å². The van der Waals surface area contributed by atoms with E-state index in [1.54, 1.807) is 18.2 Å². The van der Waals surface area contributed by atoms with Gasteiger partial charge in [-0.1, -0.05) is 18.2 Å². The van der Waals surface area contributed by atoms with Crippen molar-refractivity contribution in [3.8, 4) is 5.69 Å². The molecule has 0 atom stereocenters. The van der Waals surface area contributed by atoms with Crippen LogP contribution in [0.3, 0.4) is 0 Å². The Morgan fingerprint density at radius 2 is 1.80 bits per heavy atom. The molecule has 0 aliphatic carbocycles. The van der Waals surface area contributed by atoms with Crippen molar-refractivity contribution in [3.63, 3.8) is 0 Å². The third-order valence-electron chi connectivity index (χ3n) is 3.39. The summed E-state index contributed by atoms with van der Waals surface area (Å²) in [5.74, 6) is -1.52. The van der Waals surface area contributed by atoms with Gasteiger partial charge in [0, 0.05) is 19.3 Å². The lowest BCUT2D eigenvalue weighted by Gasteiger charge is -2.13. The number of para-hydroxylation sites is 1. The summed E-state index contributed by atoms with van der Waals surface area (Å²) in [7, 11) is 3.63. The summed E-state index contributed by atoms with van der Waals surface area (Å²) in [4.78, 5) is 50.3. The molecule has 0 fully saturated rings. The van der Waals surface area contributed by atoms with Gasteiger partial charge in [-0.2, -0.15) is 0 Å². The molecule has 0 saturated heterocycles. The van der Waals surface area contributed by atoms with E-state index >= 15 is 0 Å². The lowest BCUT2D eigenvalue weighted by molar-refractivity contribution is 0.0693. The molecule has 0 aliphatic heterocycles. The SMILES string of the molecule is CN(C)CCNC(=O)n1cc(C(=O)O)c(=O)n(-c2ccccc2)c1=O. The van der Waals surface area contributed by atoms with Gasteiger partial charge in [0.05, 0.1) is 5.69 Å². The second-order valence-corrected chi connectivity index (χ2v) is 5.51.